The highest BCUT2D eigenvalue weighted by atomic mass is 15.1. The molecule has 3 N–H and O–H groups in total. The van der Waals surface area contributed by atoms with Crippen molar-refractivity contribution in [3.8, 4) is 0 Å². The zero-order valence-corrected chi connectivity index (χ0v) is 11.5. The Hall–Kier alpha value is -2.36. The zero-order chi connectivity index (χ0) is 14.1. The van der Waals surface area contributed by atoms with Crippen LogP contribution in [0.1, 0.15) is 18.2 Å². The number of hydrogen-bond acceptors (Lipinski definition) is 3. The molecule has 1 aliphatic heterocycles. The molecule has 0 aliphatic carbocycles. The van der Waals surface area contributed by atoms with Crippen LogP contribution in [0.15, 0.2) is 42.6 Å². The second-order valence-corrected chi connectivity index (χ2v) is 5.36. The maximum Gasteiger partial charge on any atom is 0.141 e. The van der Waals surface area contributed by atoms with E-state index < -0.39 is 0 Å². The summed E-state index contributed by atoms with van der Waals surface area (Å²) in [6, 6.07) is 12.3. The summed E-state index contributed by atoms with van der Waals surface area (Å²) in [7, 11) is 0. The van der Waals surface area contributed by atoms with Crippen molar-refractivity contribution in [2.75, 3.05) is 11.4 Å². The molecule has 0 radical (unpaired) electrons. The molecule has 2 aromatic rings. The number of anilines is 2. The Labute approximate surface area is 118 Å². The first kappa shape index (κ1) is 12.7. The van der Waals surface area contributed by atoms with Gasteiger partial charge in [-0.15, -0.1) is 0 Å². The van der Waals surface area contributed by atoms with Gasteiger partial charge in [-0.2, -0.15) is 0 Å². The van der Waals surface area contributed by atoms with Gasteiger partial charge in [-0.1, -0.05) is 25.1 Å². The molecule has 0 amide bonds. The molecule has 0 spiro atoms. The maximum absolute atomic E-state index is 7.53. The van der Waals surface area contributed by atoms with Crippen molar-refractivity contribution < 1.29 is 0 Å². The molecule has 2 heterocycles. The van der Waals surface area contributed by atoms with Crippen LogP contribution in [-0.4, -0.2) is 17.4 Å². The summed E-state index contributed by atoms with van der Waals surface area (Å²) in [5.74, 6) is 0.601. The molecule has 4 heteroatoms. The summed E-state index contributed by atoms with van der Waals surface area (Å²) in [5, 5.41) is 7.53. The van der Waals surface area contributed by atoms with E-state index in [1.165, 1.54) is 11.3 Å². The predicted octanol–water partition coefficient (Wildman–Crippen LogP) is 2.70. The van der Waals surface area contributed by atoms with Crippen molar-refractivity contribution in [2.24, 2.45) is 11.7 Å². The van der Waals surface area contributed by atoms with Crippen LogP contribution in [-0.2, 0) is 6.42 Å². The van der Waals surface area contributed by atoms with Crippen molar-refractivity contribution in [1.82, 2.24) is 4.98 Å². The molecule has 20 heavy (non-hydrogen) atoms. The van der Waals surface area contributed by atoms with Crippen LogP contribution in [0.5, 0.6) is 0 Å². The fraction of sp³-hybridized carbons (Fsp3) is 0.250. The van der Waals surface area contributed by atoms with E-state index in [0.717, 1.165) is 18.7 Å². The predicted molar refractivity (Wildman–Crippen MR) is 81.6 cm³/mol. The summed E-state index contributed by atoms with van der Waals surface area (Å²) >= 11 is 0. The van der Waals surface area contributed by atoms with E-state index in [1.54, 1.807) is 6.20 Å². The second kappa shape index (κ2) is 4.96. The average molecular weight is 266 g/mol. The third-order valence-corrected chi connectivity index (χ3v) is 3.68. The molecule has 1 atom stereocenters. The van der Waals surface area contributed by atoms with E-state index >= 15 is 0 Å². The number of hydrogen-bond donors (Lipinski definition) is 2. The fourth-order valence-corrected chi connectivity index (χ4v) is 2.78. The summed E-state index contributed by atoms with van der Waals surface area (Å²) in [6.07, 6.45) is 2.82. The second-order valence-electron chi connectivity index (χ2n) is 5.36. The lowest BCUT2D eigenvalue weighted by Crippen LogP contribution is -2.30. The molecule has 0 fully saturated rings. The quantitative estimate of drug-likeness (QED) is 0.648. The minimum Gasteiger partial charge on any atom is -0.382 e. The number of nitrogens with zero attached hydrogens (tertiary/aromatic N) is 2. The first-order valence-electron chi connectivity index (χ1n) is 6.81. The number of para-hydroxylation sites is 1. The van der Waals surface area contributed by atoms with Gasteiger partial charge in [0, 0.05) is 24.1 Å². The van der Waals surface area contributed by atoms with Gasteiger partial charge in [-0.25, -0.2) is 0 Å². The molecule has 0 saturated heterocycles. The molecule has 102 valence electrons. The monoisotopic (exact) mass is 266 g/mol. The molecular formula is C16H18N4. The van der Waals surface area contributed by atoms with Crippen molar-refractivity contribution in [3.05, 3.63) is 53.9 Å². The number of pyridine rings is 1. The molecule has 1 aromatic carbocycles. The molecule has 1 aliphatic rings. The third kappa shape index (κ3) is 2.25. The Balaban J connectivity index is 2.06. The summed E-state index contributed by atoms with van der Waals surface area (Å²) in [5.41, 5.74) is 9.72. The standard InChI is InChI=1S/C16H18N4/c1-11-8-12-4-2-3-5-15(12)20(10-11)13-6-7-19-14(9-13)16(17)18/h2-7,9,11H,8,10H2,1H3,(H3,17,18). The number of nitrogen functional groups attached to an aromatic ring is 1. The van der Waals surface area contributed by atoms with Crippen molar-refractivity contribution in [1.29, 1.82) is 5.41 Å². The molecular weight excluding hydrogens is 248 g/mol. The number of nitrogens with one attached hydrogen (secondary N) is 1. The van der Waals surface area contributed by atoms with E-state index in [-0.39, 0.29) is 5.84 Å². The van der Waals surface area contributed by atoms with E-state index in [4.69, 9.17) is 11.1 Å². The number of fused-ring (bicyclic) bond motifs is 1. The van der Waals surface area contributed by atoms with Crippen LogP contribution < -0.4 is 10.6 Å². The molecule has 0 bridgehead atoms. The Morgan fingerprint density at radius 1 is 1.35 bits per heavy atom. The van der Waals surface area contributed by atoms with Gasteiger partial charge in [0.1, 0.15) is 11.5 Å². The van der Waals surface area contributed by atoms with Gasteiger partial charge < -0.3 is 10.6 Å². The third-order valence-electron chi connectivity index (χ3n) is 3.68. The Morgan fingerprint density at radius 2 is 2.15 bits per heavy atom. The molecule has 3 rings (SSSR count). The number of amidine groups is 1. The van der Waals surface area contributed by atoms with Gasteiger partial charge in [-0.3, -0.25) is 10.4 Å². The lowest BCUT2D eigenvalue weighted by molar-refractivity contribution is 0.562. The lowest BCUT2D eigenvalue weighted by atomic mass is 9.93. The maximum atomic E-state index is 7.53. The Morgan fingerprint density at radius 3 is 2.95 bits per heavy atom. The number of aromatic nitrogens is 1. The smallest absolute Gasteiger partial charge is 0.141 e. The van der Waals surface area contributed by atoms with Gasteiger partial charge in [-0.05, 0) is 36.1 Å². The summed E-state index contributed by atoms with van der Waals surface area (Å²) in [4.78, 5) is 6.42. The minimum atomic E-state index is 0.00481. The molecule has 4 nitrogen and oxygen atoms in total. The highest BCUT2D eigenvalue weighted by Gasteiger charge is 2.22. The van der Waals surface area contributed by atoms with Crippen LogP contribution in [0.4, 0.5) is 11.4 Å². The van der Waals surface area contributed by atoms with Gasteiger partial charge in [0.25, 0.3) is 0 Å². The number of benzene rings is 1. The molecule has 0 saturated carbocycles. The van der Waals surface area contributed by atoms with E-state index in [2.05, 4.69) is 41.1 Å². The normalized spacial score (nSPS) is 17.6. The van der Waals surface area contributed by atoms with E-state index in [0.29, 0.717) is 11.6 Å². The van der Waals surface area contributed by atoms with Gasteiger partial charge in [0.2, 0.25) is 0 Å². The van der Waals surface area contributed by atoms with Crippen LogP contribution in [0.3, 0.4) is 0 Å². The first-order chi connectivity index (χ1) is 9.65. The van der Waals surface area contributed by atoms with Crippen molar-refractivity contribution in [3.63, 3.8) is 0 Å². The minimum absolute atomic E-state index is 0.00481. The van der Waals surface area contributed by atoms with Gasteiger partial charge in [0.15, 0.2) is 0 Å². The number of nitrogens with two attached hydrogens (primary N) is 1. The van der Waals surface area contributed by atoms with Crippen molar-refractivity contribution >= 4 is 17.2 Å². The largest absolute Gasteiger partial charge is 0.382 e. The van der Waals surface area contributed by atoms with Crippen LogP contribution >= 0.6 is 0 Å². The van der Waals surface area contributed by atoms with Gasteiger partial charge in [0.05, 0.1) is 0 Å². The summed E-state index contributed by atoms with van der Waals surface area (Å²) in [6.45, 7) is 3.23. The highest BCUT2D eigenvalue weighted by Crippen LogP contribution is 2.35. The zero-order valence-electron chi connectivity index (χ0n) is 11.5. The highest BCUT2D eigenvalue weighted by molar-refractivity contribution is 5.94. The molecule has 1 aromatic heterocycles. The van der Waals surface area contributed by atoms with Crippen LogP contribution in [0.2, 0.25) is 0 Å². The SMILES string of the molecule is CC1Cc2ccccc2N(c2ccnc(C(=N)N)c2)C1. The lowest BCUT2D eigenvalue weighted by Gasteiger charge is -2.35. The van der Waals surface area contributed by atoms with Crippen molar-refractivity contribution in [2.45, 2.75) is 13.3 Å². The Kier molecular flexibility index (Phi) is 3.14. The van der Waals surface area contributed by atoms with E-state index in [9.17, 15) is 0 Å². The molecule has 1 unspecified atom stereocenters. The topological polar surface area (TPSA) is 66.0 Å². The van der Waals surface area contributed by atoms with Crippen LogP contribution in [0.25, 0.3) is 0 Å². The average Bonchev–Trinajstić information content (AvgIpc) is 2.46. The van der Waals surface area contributed by atoms with Gasteiger partial charge >= 0.3 is 0 Å². The van der Waals surface area contributed by atoms with E-state index in [1.807, 2.05) is 12.1 Å². The van der Waals surface area contributed by atoms with Crippen LogP contribution in [0, 0.1) is 11.3 Å². The fourth-order valence-electron chi connectivity index (χ4n) is 2.78. The Bertz CT molecular complexity index is 650. The summed E-state index contributed by atoms with van der Waals surface area (Å²) < 4.78 is 0. The number of rotatable bonds is 2. The first-order valence-corrected chi connectivity index (χ1v) is 6.81.